The molecule has 27 heavy (non-hydrogen) atoms. The summed E-state index contributed by atoms with van der Waals surface area (Å²) in [7, 11) is 0. The molecule has 0 amide bonds. The molecule has 140 valence electrons. The molecule has 0 spiro atoms. The van der Waals surface area contributed by atoms with Gasteiger partial charge in [0.15, 0.2) is 10.2 Å². The van der Waals surface area contributed by atoms with Gasteiger partial charge < -0.3 is 15.3 Å². The third-order valence-electron chi connectivity index (χ3n) is 4.94. The molecular weight excluding hydrogens is 378 g/mol. The Bertz CT molecular complexity index is 939. The molecule has 4 rings (SSSR count). The fourth-order valence-corrected chi connectivity index (χ4v) is 4.88. The average Bonchev–Trinajstić information content (AvgIpc) is 3.36. The predicted molar refractivity (Wildman–Crippen MR) is 110 cm³/mol. The van der Waals surface area contributed by atoms with Gasteiger partial charge in [0.2, 0.25) is 0 Å². The number of thiazole rings is 1. The van der Waals surface area contributed by atoms with Crippen molar-refractivity contribution in [2.75, 3.05) is 13.2 Å². The first-order valence-electron chi connectivity index (χ1n) is 8.79. The van der Waals surface area contributed by atoms with E-state index >= 15 is 0 Å². The highest BCUT2D eigenvalue weighted by molar-refractivity contribution is 7.80. The number of β-amino-alcohol motifs (C(OH)–C–C–N with tert-alkyl or cyclic N) is 1. The first-order chi connectivity index (χ1) is 13.1. The Morgan fingerprint density at radius 2 is 2.11 bits per heavy atom. The van der Waals surface area contributed by atoms with E-state index in [0.717, 1.165) is 22.2 Å². The summed E-state index contributed by atoms with van der Waals surface area (Å²) in [5.41, 5.74) is 4.35. The Hall–Kier alpha value is -2.29. The number of aliphatic hydroxyl groups is 1. The standard InChI is InChI=1S/C19H21N5OS2/c1-12-11-14(13(2)24(12)19-21-7-10-27-19)17-16(15-5-3-4-6-20-15)22-18(26)23(17)8-9-25/h3-7,10-11,16-17,25H,8-9H2,1-2H3,(H,22,26)/t16-,17-/m1/s1. The largest absolute Gasteiger partial charge is 0.395 e. The van der Waals surface area contributed by atoms with Gasteiger partial charge in [-0.05, 0) is 49.8 Å². The Balaban J connectivity index is 1.83. The van der Waals surface area contributed by atoms with Gasteiger partial charge in [-0.3, -0.25) is 9.55 Å². The van der Waals surface area contributed by atoms with Crippen LogP contribution in [0, 0.1) is 13.8 Å². The molecular formula is C19H21N5OS2. The number of hydrogen-bond donors (Lipinski definition) is 2. The summed E-state index contributed by atoms with van der Waals surface area (Å²) in [6.45, 7) is 4.71. The highest BCUT2D eigenvalue weighted by Crippen LogP contribution is 2.41. The summed E-state index contributed by atoms with van der Waals surface area (Å²) in [5.74, 6) is 0. The van der Waals surface area contributed by atoms with Crippen LogP contribution >= 0.6 is 23.6 Å². The van der Waals surface area contributed by atoms with Gasteiger partial charge in [0.05, 0.1) is 24.4 Å². The zero-order valence-corrected chi connectivity index (χ0v) is 16.8. The SMILES string of the molecule is Cc1cc([C@@H]2[C@@H](c3ccccn3)NC(=S)N2CCO)c(C)n1-c1nccs1. The van der Waals surface area contributed by atoms with Gasteiger partial charge >= 0.3 is 0 Å². The van der Waals surface area contributed by atoms with Gasteiger partial charge in [0.25, 0.3) is 0 Å². The number of pyridine rings is 1. The van der Waals surface area contributed by atoms with Gasteiger partial charge in [0.1, 0.15) is 0 Å². The number of thiocarbonyl (C=S) groups is 1. The first-order valence-corrected chi connectivity index (χ1v) is 10.1. The van der Waals surface area contributed by atoms with Crippen LogP contribution in [-0.4, -0.2) is 42.8 Å². The van der Waals surface area contributed by atoms with Crippen LogP contribution in [0.4, 0.5) is 0 Å². The molecule has 0 bridgehead atoms. The normalized spacial score (nSPS) is 19.5. The van der Waals surface area contributed by atoms with Crippen molar-refractivity contribution in [1.29, 1.82) is 0 Å². The lowest BCUT2D eigenvalue weighted by Crippen LogP contribution is -2.32. The maximum absolute atomic E-state index is 9.59. The molecule has 8 heteroatoms. The first kappa shape index (κ1) is 18.1. The summed E-state index contributed by atoms with van der Waals surface area (Å²) >= 11 is 7.19. The van der Waals surface area contributed by atoms with Crippen molar-refractivity contribution in [2.45, 2.75) is 25.9 Å². The lowest BCUT2D eigenvalue weighted by molar-refractivity contribution is 0.223. The third-order valence-corrected chi connectivity index (χ3v) is 6.05. The van der Waals surface area contributed by atoms with Crippen molar-refractivity contribution in [1.82, 2.24) is 24.8 Å². The van der Waals surface area contributed by atoms with E-state index in [1.165, 1.54) is 5.56 Å². The summed E-state index contributed by atoms with van der Waals surface area (Å²) in [5, 5.41) is 16.6. The van der Waals surface area contributed by atoms with Crippen LogP contribution in [0.2, 0.25) is 0 Å². The molecule has 1 aliphatic heterocycles. The molecule has 0 aliphatic carbocycles. The number of nitrogens with one attached hydrogen (secondary N) is 1. The highest BCUT2D eigenvalue weighted by atomic mass is 32.1. The van der Waals surface area contributed by atoms with E-state index in [-0.39, 0.29) is 18.7 Å². The molecule has 0 radical (unpaired) electrons. The van der Waals surface area contributed by atoms with E-state index in [4.69, 9.17) is 12.2 Å². The second-order valence-corrected chi connectivity index (χ2v) is 7.78. The summed E-state index contributed by atoms with van der Waals surface area (Å²) < 4.78 is 2.17. The Morgan fingerprint density at radius 3 is 2.78 bits per heavy atom. The molecule has 2 N–H and O–H groups in total. The fraction of sp³-hybridized carbons (Fsp3) is 0.316. The minimum absolute atomic E-state index is 0.0402. The molecule has 3 aromatic heterocycles. The average molecular weight is 400 g/mol. The number of aromatic nitrogens is 3. The van der Waals surface area contributed by atoms with Gasteiger partial charge in [-0.15, -0.1) is 11.3 Å². The highest BCUT2D eigenvalue weighted by Gasteiger charge is 2.41. The lowest BCUT2D eigenvalue weighted by atomic mass is 9.97. The molecule has 1 fully saturated rings. The number of nitrogens with zero attached hydrogens (tertiary/aromatic N) is 4. The monoisotopic (exact) mass is 399 g/mol. The molecule has 3 aromatic rings. The van der Waals surface area contributed by atoms with Crippen molar-refractivity contribution in [3.05, 3.63) is 64.7 Å². The van der Waals surface area contributed by atoms with Crippen molar-refractivity contribution in [2.24, 2.45) is 0 Å². The minimum atomic E-state index is -0.0736. The number of aliphatic hydroxyl groups excluding tert-OH is 1. The van der Waals surface area contributed by atoms with Crippen molar-refractivity contribution in [3.63, 3.8) is 0 Å². The van der Waals surface area contributed by atoms with Crippen LogP contribution < -0.4 is 5.32 Å². The molecule has 0 aromatic carbocycles. The maximum atomic E-state index is 9.59. The van der Waals surface area contributed by atoms with E-state index in [0.29, 0.717) is 11.7 Å². The lowest BCUT2D eigenvalue weighted by Gasteiger charge is -2.27. The fourth-order valence-electron chi connectivity index (χ4n) is 3.80. The Morgan fingerprint density at radius 1 is 1.26 bits per heavy atom. The number of aryl methyl sites for hydroxylation is 1. The smallest absolute Gasteiger partial charge is 0.193 e. The number of hydrogen-bond acceptors (Lipinski definition) is 5. The number of rotatable bonds is 5. The molecule has 2 atom stereocenters. The second-order valence-electron chi connectivity index (χ2n) is 6.52. The van der Waals surface area contributed by atoms with Crippen LogP contribution in [0.25, 0.3) is 5.13 Å². The van der Waals surface area contributed by atoms with Crippen molar-refractivity contribution < 1.29 is 5.11 Å². The van der Waals surface area contributed by atoms with E-state index in [2.05, 4.69) is 44.7 Å². The van der Waals surface area contributed by atoms with Crippen molar-refractivity contribution in [3.8, 4) is 5.13 Å². The summed E-state index contributed by atoms with van der Waals surface area (Å²) in [4.78, 5) is 11.1. The topological polar surface area (TPSA) is 66.2 Å². The summed E-state index contributed by atoms with van der Waals surface area (Å²) in [6.07, 6.45) is 3.62. The zero-order chi connectivity index (χ0) is 19.0. The molecule has 0 saturated carbocycles. The molecule has 6 nitrogen and oxygen atoms in total. The molecule has 0 unspecified atom stereocenters. The third kappa shape index (κ3) is 3.13. The van der Waals surface area contributed by atoms with Crippen LogP contribution in [-0.2, 0) is 0 Å². The van der Waals surface area contributed by atoms with Crippen LogP contribution in [0.5, 0.6) is 0 Å². The maximum Gasteiger partial charge on any atom is 0.193 e. The van der Waals surface area contributed by atoms with E-state index < -0.39 is 0 Å². The van der Waals surface area contributed by atoms with Crippen LogP contribution in [0.15, 0.2) is 42.0 Å². The molecule has 1 aliphatic rings. The van der Waals surface area contributed by atoms with Gasteiger partial charge in [0, 0.05) is 35.7 Å². The zero-order valence-electron chi connectivity index (χ0n) is 15.2. The molecule has 1 saturated heterocycles. The second kappa shape index (κ2) is 7.38. The Labute approximate surface area is 167 Å². The van der Waals surface area contributed by atoms with Gasteiger partial charge in [-0.1, -0.05) is 6.07 Å². The molecule has 4 heterocycles. The van der Waals surface area contributed by atoms with E-state index in [1.807, 2.05) is 29.8 Å². The van der Waals surface area contributed by atoms with Crippen molar-refractivity contribution >= 4 is 28.7 Å². The summed E-state index contributed by atoms with van der Waals surface area (Å²) in [6, 6.07) is 7.98. The van der Waals surface area contributed by atoms with E-state index in [9.17, 15) is 5.11 Å². The van der Waals surface area contributed by atoms with Crippen LogP contribution in [0.1, 0.15) is 34.7 Å². The van der Waals surface area contributed by atoms with E-state index in [1.54, 1.807) is 17.5 Å². The Kier molecular flexibility index (Phi) is 4.94. The quantitative estimate of drug-likeness (QED) is 0.643. The van der Waals surface area contributed by atoms with Crippen LogP contribution in [0.3, 0.4) is 0 Å². The predicted octanol–water partition coefficient (Wildman–Crippen LogP) is 2.91. The van der Waals surface area contributed by atoms with Gasteiger partial charge in [-0.25, -0.2) is 4.98 Å². The minimum Gasteiger partial charge on any atom is -0.395 e. The van der Waals surface area contributed by atoms with Gasteiger partial charge in [-0.2, -0.15) is 0 Å².